The molecular formula is C16H20N2OS. The van der Waals surface area contributed by atoms with Crippen LogP contribution in [-0.2, 0) is 6.61 Å². The number of benzene rings is 1. The van der Waals surface area contributed by atoms with Gasteiger partial charge in [0, 0.05) is 29.0 Å². The Morgan fingerprint density at radius 3 is 2.95 bits per heavy atom. The zero-order valence-electron chi connectivity index (χ0n) is 11.9. The van der Waals surface area contributed by atoms with Crippen LogP contribution in [0.4, 0.5) is 5.82 Å². The molecule has 0 saturated carbocycles. The SMILES string of the molecule is CC1SCCN(c2cc(CO)c3ccccc3n2)C1C. The number of para-hydroxylation sites is 1. The maximum atomic E-state index is 9.63. The van der Waals surface area contributed by atoms with Crippen LogP contribution in [0.25, 0.3) is 10.9 Å². The van der Waals surface area contributed by atoms with E-state index in [0.717, 1.165) is 34.6 Å². The van der Waals surface area contributed by atoms with Crippen LogP contribution in [0, 0.1) is 0 Å². The molecule has 2 heterocycles. The van der Waals surface area contributed by atoms with Crippen molar-refractivity contribution in [3.05, 3.63) is 35.9 Å². The van der Waals surface area contributed by atoms with Gasteiger partial charge in [-0.05, 0) is 24.6 Å². The fourth-order valence-corrected chi connectivity index (χ4v) is 3.87. The molecule has 2 aromatic rings. The topological polar surface area (TPSA) is 36.4 Å². The molecule has 2 unspecified atom stereocenters. The maximum absolute atomic E-state index is 9.63. The first-order valence-electron chi connectivity index (χ1n) is 7.08. The summed E-state index contributed by atoms with van der Waals surface area (Å²) in [5, 5.41) is 11.3. The molecule has 106 valence electrons. The first kappa shape index (κ1) is 13.7. The molecule has 1 N–H and O–H groups in total. The van der Waals surface area contributed by atoms with Crippen LogP contribution in [0.5, 0.6) is 0 Å². The molecule has 1 saturated heterocycles. The number of hydrogen-bond acceptors (Lipinski definition) is 4. The third kappa shape index (κ3) is 2.38. The number of anilines is 1. The van der Waals surface area contributed by atoms with Gasteiger partial charge in [0.25, 0.3) is 0 Å². The molecule has 1 aromatic heterocycles. The first-order valence-corrected chi connectivity index (χ1v) is 8.13. The van der Waals surface area contributed by atoms with Crippen LogP contribution in [0.2, 0.25) is 0 Å². The van der Waals surface area contributed by atoms with E-state index in [-0.39, 0.29) is 6.61 Å². The number of rotatable bonds is 2. The predicted molar refractivity (Wildman–Crippen MR) is 86.4 cm³/mol. The number of pyridine rings is 1. The Hall–Kier alpha value is -1.26. The molecule has 1 aliphatic rings. The number of thioether (sulfide) groups is 1. The minimum absolute atomic E-state index is 0.0581. The standard InChI is InChI=1S/C16H20N2OS/c1-11-12(2)20-8-7-18(11)16-9-13(10-19)14-5-3-4-6-15(14)17-16/h3-6,9,11-12,19H,7-8,10H2,1-2H3. The van der Waals surface area contributed by atoms with Gasteiger partial charge < -0.3 is 10.0 Å². The summed E-state index contributed by atoms with van der Waals surface area (Å²) in [5.74, 6) is 2.13. The maximum Gasteiger partial charge on any atom is 0.129 e. The van der Waals surface area contributed by atoms with Gasteiger partial charge in [0.1, 0.15) is 5.82 Å². The van der Waals surface area contributed by atoms with Crippen molar-refractivity contribution in [3.8, 4) is 0 Å². The van der Waals surface area contributed by atoms with E-state index in [2.05, 4.69) is 18.7 Å². The van der Waals surface area contributed by atoms with Crippen molar-refractivity contribution in [2.75, 3.05) is 17.2 Å². The lowest BCUT2D eigenvalue weighted by Gasteiger charge is -2.38. The zero-order chi connectivity index (χ0) is 14.1. The number of hydrogen-bond donors (Lipinski definition) is 1. The fourth-order valence-electron chi connectivity index (χ4n) is 2.77. The van der Waals surface area contributed by atoms with E-state index >= 15 is 0 Å². The highest BCUT2D eigenvalue weighted by Gasteiger charge is 2.26. The molecular weight excluding hydrogens is 268 g/mol. The lowest BCUT2D eigenvalue weighted by atomic mass is 10.1. The van der Waals surface area contributed by atoms with Crippen LogP contribution in [0.3, 0.4) is 0 Å². The molecule has 3 rings (SSSR count). The number of fused-ring (bicyclic) bond motifs is 1. The van der Waals surface area contributed by atoms with Gasteiger partial charge in [-0.15, -0.1) is 0 Å². The average molecular weight is 288 g/mol. The Morgan fingerprint density at radius 1 is 1.35 bits per heavy atom. The summed E-state index contributed by atoms with van der Waals surface area (Å²) in [6.45, 7) is 5.61. The summed E-state index contributed by atoms with van der Waals surface area (Å²) in [7, 11) is 0. The van der Waals surface area contributed by atoms with Gasteiger partial charge in [-0.2, -0.15) is 11.8 Å². The summed E-state index contributed by atoms with van der Waals surface area (Å²) in [6, 6.07) is 10.5. The van der Waals surface area contributed by atoms with E-state index in [1.54, 1.807) is 0 Å². The predicted octanol–water partition coefficient (Wildman–Crippen LogP) is 3.06. The second-order valence-electron chi connectivity index (χ2n) is 5.32. The van der Waals surface area contributed by atoms with E-state index < -0.39 is 0 Å². The van der Waals surface area contributed by atoms with Crippen LogP contribution >= 0.6 is 11.8 Å². The van der Waals surface area contributed by atoms with Gasteiger partial charge in [-0.1, -0.05) is 25.1 Å². The van der Waals surface area contributed by atoms with Gasteiger partial charge in [-0.25, -0.2) is 4.98 Å². The van der Waals surface area contributed by atoms with Crippen LogP contribution in [0.15, 0.2) is 30.3 Å². The van der Waals surface area contributed by atoms with Gasteiger partial charge in [0.2, 0.25) is 0 Å². The summed E-state index contributed by atoms with van der Waals surface area (Å²) in [5.41, 5.74) is 1.93. The quantitative estimate of drug-likeness (QED) is 0.921. The lowest BCUT2D eigenvalue weighted by Crippen LogP contribution is -2.45. The molecule has 4 heteroatoms. The Labute approximate surface area is 124 Å². The van der Waals surface area contributed by atoms with Crippen LogP contribution < -0.4 is 4.90 Å². The van der Waals surface area contributed by atoms with E-state index in [1.165, 1.54) is 0 Å². The molecule has 0 bridgehead atoms. The lowest BCUT2D eigenvalue weighted by molar-refractivity contribution is 0.283. The second-order valence-corrected chi connectivity index (χ2v) is 6.81. The van der Waals surface area contributed by atoms with Crippen LogP contribution in [-0.4, -0.2) is 33.7 Å². The largest absolute Gasteiger partial charge is 0.392 e. The summed E-state index contributed by atoms with van der Waals surface area (Å²) in [4.78, 5) is 7.17. The highest BCUT2D eigenvalue weighted by Crippen LogP contribution is 2.30. The van der Waals surface area contributed by atoms with Gasteiger partial charge >= 0.3 is 0 Å². The van der Waals surface area contributed by atoms with E-state index in [9.17, 15) is 5.11 Å². The van der Waals surface area contributed by atoms with Crippen molar-refractivity contribution >= 4 is 28.5 Å². The van der Waals surface area contributed by atoms with Crippen molar-refractivity contribution in [1.29, 1.82) is 0 Å². The highest BCUT2D eigenvalue weighted by molar-refractivity contribution is 8.00. The zero-order valence-corrected chi connectivity index (χ0v) is 12.7. The normalized spacial score (nSPS) is 23.2. The molecule has 0 radical (unpaired) electrons. The molecule has 20 heavy (non-hydrogen) atoms. The number of nitrogens with zero attached hydrogens (tertiary/aromatic N) is 2. The van der Waals surface area contributed by atoms with Crippen molar-refractivity contribution < 1.29 is 5.11 Å². The molecule has 1 aromatic carbocycles. The number of aliphatic hydroxyl groups excluding tert-OH is 1. The Balaban J connectivity index is 2.07. The van der Waals surface area contributed by atoms with Gasteiger partial charge in [-0.3, -0.25) is 0 Å². The van der Waals surface area contributed by atoms with E-state index in [1.807, 2.05) is 42.1 Å². The molecule has 0 amide bonds. The van der Waals surface area contributed by atoms with Gasteiger partial charge in [0.05, 0.1) is 12.1 Å². The van der Waals surface area contributed by atoms with E-state index in [0.29, 0.717) is 11.3 Å². The Kier molecular flexibility index (Phi) is 3.85. The number of aliphatic hydroxyl groups is 1. The van der Waals surface area contributed by atoms with Gasteiger partial charge in [0.15, 0.2) is 0 Å². The minimum atomic E-state index is 0.0581. The van der Waals surface area contributed by atoms with Crippen molar-refractivity contribution in [1.82, 2.24) is 4.98 Å². The average Bonchev–Trinajstić information content (AvgIpc) is 2.49. The number of aromatic nitrogens is 1. The molecule has 0 aliphatic carbocycles. The summed E-state index contributed by atoms with van der Waals surface area (Å²) < 4.78 is 0. The Bertz CT molecular complexity index is 616. The summed E-state index contributed by atoms with van der Waals surface area (Å²) >= 11 is 2.02. The molecule has 0 spiro atoms. The third-order valence-electron chi connectivity index (χ3n) is 4.14. The van der Waals surface area contributed by atoms with Crippen molar-refractivity contribution in [2.24, 2.45) is 0 Å². The highest BCUT2D eigenvalue weighted by atomic mass is 32.2. The van der Waals surface area contributed by atoms with Crippen molar-refractivity contribution in [2.45, 2.75) is 31.7 Å². The summed E-state index contributed by atoms with van der Waals surface area (Å²) in [6.07, 6.45) is 0. The smallest absolute Gasteiger partial charge is 0.129 e. The monoisotopic (exact) mass is 288 g/mol. The molecule has 2 atom stereocenters. The first-order chi connectivity index (χ1) is 9.70. The van der Waals surface area contributed by atoms with Crippen molar-refractivity contribution in [3.63, 3.8) is 0 Å². The van der Waals surface area contributed by atoms with E-state index in [4.69, 9.17) is 4.98 Å². The Morgan fingerprint density at radius 2 is 2.15 bits per heavy atom. The fraction of sp³-hybridized carbons (Fsp3) is 0.438. The molecule has 3 nitrogen and oxygen atoms in total. The molecule has 1 fully saturated rings. The minimum Gasteiger partial charge on any atom is -0.392 e. The second kappa shape index (κ2) is 5.62. The molecule has 1 aliphatic heterocycles. The van der Waals surface area contributed by atoms with Crippen LogP contribution in [0.1, 0.15) is 19.4 Å². The third-order valence-corrected chi connectivity index (χ3v) is 5.47.